The van der Waals surface area contributed by atoms with Crippen LogP contribution in [0.4, 0.5) is 0 Å². The molecule has 39 heavy (non-hydrogen) atoms. The van der Waals surface area contributed by atoms with E-state index in [-0.39, 0.29) is 24.2 Å². The average molecular weight is 559 g/mol. The van der Waals surface area contributed by atoms with Crippen molar-refractivity contribution in [2.75, 3.05) is 52.4 Å². The molecule has 0 atom stereocenters. The third-order valence-electron chi connectivity index (χ3n) is 8.28. The lowest BCUT2D eigenvalue weighted by atomic mass is 9.99. The Kier molecular flexibility index (Phi) is 10.8. The van der Waals surface area contributed by atoms with Crippen molar-refractivity contribution >= 4 is 24.2 Å². The molecule has 3 aliphatic rings. The van der Waals surface area contributed by atoms with E-state index in [1.165, 1.54) is 37.9 Å². The summed E-state index contributed by atoms with van der Waals surface area (Å²) in [7, 11) is 0. The van der Waals surface area contributed by atoms with Gasteiger partial charge in [-0.2, -0.15) is 4.98 Å². The van der Waals surface area contributed by atoms with E-state index in [1.807, 2.05) is 21.9 Å². The minimum absolute atomic E-state index is 0. The highest BCUT2D eigenvalue weighted by atomic mass is 35.5. The monoisotopic (exact) mass is 558 g/mol. The molecular formula is C29H43ClN6O3. The van der Waals surface area contributed by atoms with Crippen molar-refractivity contribution in [2.45, 2.75) is 65.0 Å². The number of hydrogen-bond donors (Lipinski definition) is 0. The summed E-state index contributed by atoms with van der Waals surface area (Å²) in [5, 5.41) is 4.13. The van der Waals surface area contributed by atoms with E-state index in [0.29, 0.717) is 50.1 Å². The number of aryl methyl sites for hydroxylation is 1. The SMILES string of the molecule is CC1CCN(C(=O)CCc2nc(CN3CCN(C(=O)c4ccc(CN5CCCCC5)cc4)CC3)no2)CC1.Cl. The number of benzene rings is 1. The Balaban J connectivity index is 0.00000353. The summed E-state index contributed by atoms with van der Waals surface area (Å²) in [6.07, 6.45) is 6.98. The van der Waals surface area contributed by atoms with Crippen LogP contribution >= 0.6 is 12.4 Å². The van der Waals surface area contributed by atoms with E-state index in [2.05, 4.69) is 39.0 Å². The fourth-order valence-electron chi connectivity index (χ4n) is 5.71. The lowest BCUT2D eigenvalue weighted by Crippen LogP contribution is -2.48. The summed E-state index contributed by atoms with van der Waals surface area (Å²) >= 11 is 0. The first-order chi connectivity index (χ1) is 18.5. The highest BCUT2D eigenvalue weighted by molar-refractivity contribution is 5.94. The average Bonchev–Trinajstić information content (AvgIpc) is 3.40. The van der Waals surface area contributed by atoms with Gasteiger partial charge in [0, 0.05) is 64.2 Å². The molecule has 1 aromatic heterocycles. The van der Waals surface area contributed by atoms with Gasteiger partial charge in [-0.15, -0.1) is 12.4 Å². The van der Waals surface area contributed by atoms with Gasteiger partial charge < -0.3 is 14.3 Å². The molecule has 0 saturated carbocycles. The Morgan fingerprint density at radius 3 is 2.21 bits per heavy atom. The minimum Gasteiger partial charge on any atom is -0.343 e. The molecule has 5 rings (SSSR count). The van der Waals surface area contributed by atoms with Gasteiger partial charge in [-0.25, -0.2) is 0 Å². The number of aromatic nitrogens is 2. The van der Waals surface area contributed by atoms with Crippen molar-refractivity contribution in [2.24, 2.45) is 5.92 Å². The molecule has 214 valence electrons. The molecule has 2 amide bonds. The number of piperazine rings is 1. The Labute approximate surface area is 238 Å². The van der Waals surface area contributed by atoms with E-state index < -0.39 is 0 Å². The highest BCUT2D eigenvalue weighted by Crippen LogP contribution is 2.18. The lowest BCUT2D eigenvalue weighted by molar-refractivity contribution is -0.132. The van der Waals surface area contributed by atoms with Crippen molar-refractivity contribution in [3.05, 3.63) is 47.1 Å². The summed E-state index contributed by atoms with van der Waals surface area (Å²) in [6.45, 7) is 10.8. The summed E-state index contributed by atoms with van der Waals surface area (Å²) < 4.78 is 5.41. The predicted molar refractivity (Wildman–Crippen MR) is 152 cm³/mol. The first kappa shape index (κ1) is 29.5. The van der Waals surface area contributed by atoms with Gasteiger partial charge in [0.15, 0.2) is 5.82 Å². The van der Waals surface area contributed by atoms with Gasteiger partial charge >= 0.3 is 0 Å². The lowest BCUT2D eigenvalue weighted by Gasteiger charge is -2.34. The van der Waals surface area contributed by atoms with Crippen LogP contribution in [-0.2, 0) is 24.3 Å². The molecule has 9 nitrogen and oxygen atoms in total. The molecule has 4 heterocycles. The second-order valence-electron chi connectivity index (χ2n) is 11.3. The molecular weight excluding hydrogens is 516 g/mol. The maximum Gasteiger partial charge on any atom is 0.253 e. The van der Waals surface area contributed by atoms with Crippen molar-refractivity contribution in [3.63, 3.8) is 0 Å². The fourth-order valence-corrected chi connectivity index (χ4v) is 5.71. The van der Waals surface area contributed by atoms with Gasteiger partial charge in [0.1, 0.15) is 0 Å². The number of amides is 2. The maximum absolute atomic E-state index is 13.1. The number of likely N-dealkylation sites (tertiary alicyclic amines) is 2. The zero-order valence-corrected chi connectivity index (χ0v) is 24.0. The van der Waals surface area contributed by atoms with Crippen LogP contribution in [0.2, 0.25) is 0 Å². The van der Waals surface area contributed by atoms with E-state index in [9.17, 15) is 9.59 Å². The number of carbonyl (C=O) groups is 2. The molecule has 0 unspecified atom stereocenters. The van der Waals surface area contributed by atoms with Crippen molar-refractivity contribution in [1.82, 2.24) is 29.7 Å². The summed E-state index contributed by atoms with van der Waals surface area (Å²) in [4.78, 5) is 38.7. The van der Waals surface area contributed by atoms with Crippen LogP contribution in [0.5, 0.6) is 0 Å². The van der Waals surface area contributed by atoms with E-state index in [4.69, 9.17) is 4.52 Å². The molecule has 0 N–H and O–H groups in total. The van der Waals surface area contributed by atoms with Crippen LogP contribution in [0, 0.1) is 5.92 Å². The molecule has 1 aromatic carbocycles. The fraction of sp³-hybridized carbons (Fsp3) is 0.655. The summed E-state index contributed by atoms with van der Waals surface area (Å²) in [5.41, 5.74) is 2.04. The Hall–Kier alpha value is -2.49. The van der Waals surface area contributed by atoms with Crippen LogP contribution in [0.3, 0.4) is 0 Å². The highest BCUT2D eigenvalue weighted by Gasteiger charge is 2.24. The molecule has 10 heteroatoms. The summed E-state index contributed by atoms with van der Waals surface area (Å²) in [5.74, 6) is 2.15. The van der Waals surface area contributed by atoms with Crippen molar-refractivity contribution < 1.29 is 14.1 Å². The van der Waals surface area contributed by atoms with Crippen LogP contribution in [0.1, 0.15) is 73.1 Å². The van der Waals surface area contributed by atoms with Crippen LogP contribution < -0.4 is 0 Å². The minimum atomic E-state index is 0. The predicted octanol–water partition coefficient (Wildman–Crippen LogP) is 3.63. The zero-order chi connectivity index (χ0) is 26.3. The van der Waals surface area contributed by atoms with Crippen LogP contribution in [-0.4, -0.2) is 93.9 Å². The number of hydrogen-bond acceptors (Lipinski definition) is 7. The zero-order valence-electron chi connectivity index (χ0n) is 23.2. The number of piperidine rings is 2. The second kappa shape index (κ2) is 14.2. The van der Waals surface area contributed by atoms with E-state index >= 15 is 0 Å². The number of nitrogens with zero attached hydrogens (tertiary/aromatic N) is 6. The Bertz CT molecular complexity index is 1060. The number of rotatable bonds is 8. The standard InChI is InChI=1S/C29H42N6O3.ClH/c1-23-11-15-34(16-12-23)28(36)10-9-27-30-26(31-38-27)22-33-17-19-35(20-18-33)29(37)25-7-5-24(6-8-25)21-32-13-3-2-4-14-32;/h5-8,23H,2-4,9-22H2,1H3;1H. The molecule has 3 saturated heterocycles. The van der Waals surface area contributed by atoms with Crippen molar-refractivity contribution in [3.8, 4) is 0 Å². The van der Waals surface area contributed by atoms with Gasteiger partial charge in [0.2, 0.25) is 11.8 Å². The maximum atomic E-state index is 13.1. The number of halogens is 1. The quantitative estimate of drug-likeness (QED) is 0.489. The van der Waals surface area contributed by atoms with Gasteiger partial charge in [-0.3, -0.25) is 19.4 Å². The molecule has 2 aromatic rings. The first-order valence-corrected chi connectivity index (χ1v) is 14.5. The van der Waals surface area contributed by atoms with Crippen molar-refractivity contribution in [1.29, 1.82) is 0 Å². The number of carbonyl (C=O) groups excluding carboxylic acids is 2. The molecule has 0 bridgehead atoms. The van der Waals surface area contributed by atoms with Gasteiger partial charge in [0.25, 0.3) is 5.91 Å². The Morgan fingerprint density at radius 2 is 1.51 bits per heavy atom. The summed E-state index contributed by atoms with van der Waals surface area (Å²) in [6, 6.07) is 8.16. The smallest absolute Gasteiger partial charge is 0.253 e. The van der Waals surface area contributed by atoms with E-state index in [1.54, 1.807) is 0 Å². The molecule has 0 aliphatic carbocycles. The third-order valence-corrected chi connectivity index (χ3v) is 8.28. The van der Waals surface area contributed by atoms with Gasteiger partial charge in [-0.05, 0) is 62.4 Å². The van der Waals surface area contributed by atoms with E-state index in [0.717, 1.165) is 51.1 Å². The van der Waals surface area contributed by atoms with Crippen LogP contribution in [0.15, 0.2) is 28.8 Å². The topological polar surface area (TPSA) is 86.0 Å². The third kappa shape index (κ3) is 8.25. The second-order valence-corrected chi connectivity index (χ2v) is 11.3. The van der Waals surface area contributed by atoms with Gasteiger partial charge in [0.05, 0.1) is 6.54 Å². The molecule has 3 fully saturated rings. The first-order valence-electron chi connectivity index (χ1n) is 14.5. The van der Waals surface area contributed by atoms with Gasteiger partial charge in [-0.1, -0.05) is 30.6 Å². The Morgan fingerprint density at radius 1 is 0.846 bits per heavy atom. The van der Waals surface area contributed by atoms with Crippen LogP contribution in [0.25, 0.3) is 0 Å². The normalized spacial score (nSPS) is 19.6. The molecule has 3 aliphatic heterocycles. The molecule has 0 radical (unpaired) electrons. The molecule has 0 spiro atoms. The largest absolute Gasteiger partial charge is 0.343 e.